The van der Waals surface area contributed by atoms with Gasteiger partial charge in [-0.15, -0.1) is 0 Å². The van der Waals surface area contributed by atoms with Crippen molar-refractivity contribution in [1.29, 1.82) is 0 Å². The molecule has 1 heterocycles. The molecule has 0 aromatic heterocycles. The lowest BCUT2D eigenvalue weighted by atomic mass is 10.1. The maximum atomic E-state index is 11.2. The number of ether oxygens (including phenoxy) is 1. The summed E-state index contributed by atoms with van der Waals surface area (Å²) >= 11 is 0. The molecule has 3 rings (SSSR count). The van der Waals surface area contributed by atoms with Gasteiger partial charge >= 0.3 is 6.09 Å². The number of hydrogen-bond acceptors (Lipinski definition) is 2. The maximum Gasteiger partial charge on any atom is 0.409 e. The number of likely N-dealkylation sites (tertiary alicyclic amines) is 1. The summed E-state index contributed by atoms with van der Waals surface area (Å²) in [6, 6.07) is 14.4. The third kappa shape index (κ3) is 3.16. The standard InChI is InChI=1S/C17H19NO3/c19-17(20)18-10-4-3-7-16(18)21-12-13-8-9-14-5-1-2-6-15(14)11-13/h1-2,5-6,8-9,11,16H,3-4,7,10,12H2,(H,19,20). The van der Waals surface area contributed by atoms with Gasteiger partial charge in [0.05, 0.1) is 6.61 Å². The average Bonchev–Trinajstić information content (AvgIpc) is 2.53. The second-order valence-electron chi connectivity index (χ2n) is 5.42. The van der Waals surface area contributed by atoms with Crippen LogP contribution in [0.25, 0.3) is 10.8 Å². The van der Waals surface area contributed by atoms with Gasteiger partial charge in [0, 0.05) is 6.54 Å². The third-order valence-corrected chi connectivity index (χ3v) is 3.95. The van der Waals surface area contributed by atoms with Crippen molar-refractivity contribution >= 4 is 16.9 Å². The molecule has 0 spiro atoms. The zero-order chi connectivity index (χ0) is 14.7. The fourth-order valence-corrected chi connectivity index (χ4v) is 2.81. The zero-order valence-corrected chi connectivity index (χ0v) is 11.9. The number of carboxylic acid groups (broad SMARTS) is 1. The molecule has 1 N–H and O–H groups in total. The summed E-state index contributed by atoms with van der Waals surface area (Å²) < 4.78 is 5.84. The average molecular weight is 285 g/mol. The molecule has 1 unspecified atom stereocenters. The van der Waals surface area contributed by atoms with Gasteiger partial charge in [-0.25, -0.2) is 4.79 Å². The molecule has 1 saturated heterocycles. The molecule has 1 fully saturated rings. The normalized spacial score (nSPS) is 18.9. The summed E-state index contributed by atoms with van der Waals surface area (Å²) in [5.41, 5.74) is 1.07. The lowest BCUT2D eigenvalue weighted by molar-refractivity contribution is -0.0745. The summed E-state index contributed by atoms with van der Waals surface area (Å²) in [6.07, 6.45) is 1.51. The number of benzene rings is 2. The largest absolute Gasteiger partial charge is 0.465 e. The van der Waals surface area contributed by atoms with Crippen molar-refractivity contribution in [3.63, 3.8) is 0 Å². The van der Waals surface area contributed by atoms with E-state index in [1.54, 1.807) is 0 Å². The van der Waals surface area contributed by atoms with E-state index >= 15 is 0 Å². The SMILES string of the molecule is O=C(O)N1CCCCC1OCc1ccc2ccccc2c1. The van der Waals surface area contributed by atoms with Gasteiger partial charge in [-0.1, -0.05) is 36.4 Å². The Hall–Kier alpha value is -2.07. The van der Waals surface area contributed by atoms with Gasteiger partial charge in [-0.05, 0) is 41.7 Å². The van der Waals surface area contributed by atoms with Crippen LogP contribution >= 0.6 is 0 Å². The molecule has 4 nitrogen and oxygen atoms in total. The Morgan fingerprint density at radius 3 is 2.81 bits per heavy atom. The predicted molar refractivity (Wildman–Crippen MR) is 81.1 cm³/mol. The van der Waals surface area contributed by atoms with Crippen molar-refractivity contribution in [1.82, 2.24) is 4.90 Å². The number of piperidine rings is 1. The van der Waals surface area contributed by atoms with Crippen molar-refractivity contribution in [2.24, 2.45) is 0 Å². The van der Waals surface area contributed by atoms with Crippen molar-refractivity contribution in [3.8, 4) is 0 Å². The molecule has 0 bridgehead atoms. The lowest BCUT2D eigenvalue weighted by Crippen LogP contribution is -2.44. The molecule has 1 aliphatic rings. The van der Waals surface area contributed by atoms with Gasteiger partial charge in [-0.2, -0.15) is 0 Å². The summed E-state index contributed by atoms with van der Waals surface area (Å²) in [5, 5.41) is 11.6. The molecule has 0 aliphatic carbocycles. The van der Waals surface area contributed by atoms with E-state index < -0.39 is 6.09 Å². The number of nitrogens with zero attached hydrogens (tertiary/aromatic N) is 1. The second kappa shape index (κ2) is 6.14. The Labute approximate surface area is 123 Å². The van der Waals surface area contributed by atoms with Crippen LogP contribution in [-0.4, -0.2) is 28.9 Å². The molecule has 0 radical (unpaired) electrons. The maximum absolute atomic E-state index is 11.2. The van der Waals surface area contributed by atoms with Crippen LogP contribution in [0.4, 0.5) is 4.79 Å². The topological polar surface area (TPSA) is 49.8 Å². The van der Waals surface area contributed by atoms with Gasteiger partial charge in [0.1, 0.15) is 6.23 Å². The fourth-order valence-electron chi connectivity index (χ4n) is 2.81. The molecule has 2 aromatic rings. The highest BCUT2D eigenvalue weighted by molar-refractivity contribution is 5.82. The highest BCUT2D eigenvalue weighted by atomic mass is 16.5. The van der Waals surface area contributed by atoms with E-state index in [-0.39, 0.29) is 6.23 Å². The van der Waals surface area contributed by atoms with Crippen LogP contribution in [-0.2, 0) is 11.3 Å². The predicted octanol–water partition coefficient (Wildman–Crippen LogP) is 3.85. The van der Waals surface area contributed by atoms with Crippen LogP contribution in [0.3, 0.4) is 0 Å². The first-order valence-electron chi connectivity index (χ1n) is 7.33. The van der Waals surface area contributed by atoms with Crippen LogP contribution < -0.4 is 0 Å². The quantitative estimate of drug-likeness (QED) is 0.932. The van der Waals surface area contributed by atoms with Crippen LogP contribution in [0.15, 0.2) is 42.5 Å². The van der Waals surface area contributed by atoms with Crippen LogP contribution in [0.1, 0.15) is 24.8 Å². The Morgan fingerprint density at radius 1 is 1.19 bits per heavy atom. The van der Waals surface area contributed by atoms with E-state index in [4.69, 9.17) is 4.74 Å². The van der Waals surface area contributed by atoms with E-state index in [0.29, 0.717) is 13.2 Å². The molecule has 110 valence electrons. The summed E-state index contributed by atoms with van der Waals surface area (Å²) in [7, 11) is 0. The van der Waals surface area contributed by atoms with Gasteiger partial charge in [0.15, 0.2) is 0 Å². The van der Waals surface area contributed by atoms with Gasteiger partial charge in [0.25, 0.3) is 0 Å². The van der Waals surface area contributed by atoms with E-state index in [2.05, 4.69) is 24.3 Å². The molecule has 0 saturated carbocycles. The molecule has 4 heteroatoms. The van der Waals surface area contributed by atoms with Crippen molar-refractivity contribution < 1.29 is 14.6 Å². The summed E-state index contributed by atoms with van der Waals surface area (Å²) in [6.45, 7) is 1.01. The molecule has 2 aromatic carbocycles. The fraction of sp³-hybridized carbons (Fsp3) is 0.353. The monoisotopic (exact) mass is 285 g/mol. The first-order valence-corrected chi connectivity index (χ1v) is 7.33. The Balaban J connectivity index is 1.69. The molecular weight excluding hydrogens is 266 g/mol. The Morgan fingerprint density at radius 2 is 2.00 bits per heavy atom. The van der Waals surface area contributed by atoms with E-state index in [1.165, 1.54) is 15.7 Å². The van der Waals surface area contributed by atoms with Crippen LogP contribution in [0.2, 0.25) is 0 Å². The summed E-state index contributed by atoms with van der Waals surface area (Å²) in [5.74, 6) is 0. The smallest absolute Gasteiger partial charge is 0.409 e. The number of carbonyl (C=O) groups is 1. The van der Waals surface area contributed by atoms with Crippen LogP contribution in [0, 0.1) is 0 Å². The number of rotatable bonds is 3. The Bertz CT molecular complexity index is 641. The molecule has 1 amide bonds. The number of amides is 1. The lowest BCUT2D eigenvalue weighted by Gasteiger charge is -2.33. The number of fused-ring (bicyclic) bond motifs is 1. The molecule has 1 atom stereocenters. The first kappa shape index (κ1) is 13.9. The van der Waals surface area contributed by atoms with Gasteiger partial charge < -0.3 is 9.84 Å². The van der Waals surface area contributed by atoms with Crippen molar-refractivity contribution in [3.05, 3.63) is 48.0 Å². The molecule has 1 aliphatic heterocycles. The summed E-state index contributed by atoms with van der Waals surface area (Å²) in [4.78, 5) is 12.6. The van der Waals surface area contributed by atoms with Gasteiger partial charge in [0.2, 0.25) is 0 Å². The first-order chi connectivity index (χ1) is 10.2. The minimum atomic E-state index is -0.891. The second-order valence-corrected chi connectivity index (χ2v) is 5.42. The minimum Gasteiger partial charge on any atom is -0.465 e. The third-order valence-electron chi connectivity index (χ3n) is 3.95. The highest BCUT2D eigenvalue weighted by Gasteiger charge is 2.26. The molecule has 21 heavy (non-hydrogen) atoms. The minimum absolute atomic E-state index is 0.317. The van der Waals surface area contributed by atoms with E-state index in [9.17, 15) is 9.90 Å². The zero-order valence-electron chi connectivity index (χ0n) is 11.9. The van der Waals surface area contributed by atoms with Gasteiger partial charge in [-0.3, -0.25) is 4.90 Å². The van der Waals surface area contributed by atoms with Crippen molar-refractivity contribution in [2.45, 2.75) is 32.1 Å². The highest BCUT2D eigenvalue weighted by Crippen LogP contribution is 2.21. The Kier molecular flexibility index (Phi) is 4.06. The number of hydrogen-bond donors (Lipinski definition) is 1. The van der Waals surface area contributed by atoms with Crippen molar-refractivity contribution in [2.75, 3.05) is 6.54 Å². The van der Waals surface area contributed by atoms with E-state index in [1.807, 2.05) is 18.2 Å². The van der Waals surface area contributed by atoms with Crippen LogP contribution in [0.5, 0.6) is 0 Å². The van der Waals surface area contributed by atoms with E-state index in [0.717, 1.165) is 24.8 Å². The molecular formula is C17H19NO3.